The molecule has 1 aromatic heterocycles. The molecule has 0 amide bonds. The van der Waals surface area contributed by atoms with Gasteiger partial charge in [-0.3, -0.25) is 0 Å². The average molecular weight is 268 g/mol. The van der Waals surface area contributed by atoms with E-state index in [-0.39, 0.29) is 17.4 Å². The average Bonchev–Trinajstić information content (AvgIpc) is 2.91. The van der Waals surface area contributed by atoms with E-state index in [1.165, 1.54) is 18.2 Å². The van der Waals surface area contributed by atoms with E-state index in [1.54, 1.807) is 0 Å². The number of nitrogens with zero attached hydrogens (tertiary/aromatic N) is 2. The van der Waals surface area contributed by atoms with Gasteiger partial charge in [-0.2, -0.15) is 4.98 Å². The first-order valence-corrected chi connectivity index (χ1v) is 6.07. The largest absolute Gasteiger partial charge is 0.508 e. The zero-order valence-corrected chi connectivity index (χ0v) is 10.7. The first-order chi connectivity index (χ1) is 9.65. The maximum absolute atomic E-state index is 9.78. The minimum atomic E-state index is -0.0252. The van der Waals surface area contributed by atoms with Gasteiger partial charge in [-0.05, 0) is 30.7 Å². The Morgan fingerprint density at radius 2 is 1.80 bits per heavy atom. The van der Waals surface area contributed by atoms with Crippen molar-refractivity contribution in [1.82, 2.24) is 10.1 Å². The van der Waals surface area contributed by atoms with Crippen LogP contribution in [0.2, 0.25) is 0 Å². The van der Waals surface area contributed by atoms with Crippen molar-refractivity contribution in [3.63, 3.8) is 0 Å². The lowest BCUT2D eigenvalue weighted by Gasteiger charge is -2.00. The number of rotatable bonds is 2. The van der Waals surface area contributed by atoms with Crippen LogP contribution < -0.4 is 0 Å². The van der Waals surface area contributed by atoms with Crippen molar-refractivity contribution >= 4 is 0 Å². The van der Waals surface area contributed by atoms with Crippen LogP contribution in [0.15, 0.2) is 47.0 Å². The molecule has 0 saturated carbocycles. The van der Waals surface area contributed by atoms with Gasteiger partial charge in [0.15, 0.2) is 0 Å². The van der Waals surface area contributed by atoms with E-state index in [0.717, 1.165) is 11.1 Å². The lowest BCUT2D eigenvalue weighted by Crippen LogP contribution is -1.85. The van der Waals surface area contributed by atoms with Crippen LogP contribution in [0.5, 0.6) is 11.5 Å². The predicted molar refractivity (Wildman–Crippen MR) is 73.2 cm³/mol. The van der Waals surface area contributed by atoms with Gasteiger partial charge in [0.25, 0.3) is 5.89 Å². The first-order valence-electron chi connectivity index (χ1n) is 6.07. The Bertz CT molecular complexity index is 765. The summed E-state index contributed by atoms with van der Waals surface area (Å²) < 4.78 is 5.16. The fourth-order valence-corrected chi connectivity index (χ4v) is 1.96. The predicted octanol–water partition coefficient (Wildman–Crippen LogP) is 3.12. The molecule has 3 rings (SSSR count). The van der Waals surface area contributed by atoms with Gasteiger partial charge in [-0.15, -0.1) is 0 Å². The molecule has 0 bridgehead atoms. The third kappa shape index (κ3) is 2.09. The number of phenolic OH excluding ortho intramolecular Hbond substituents is 2. The molecule has 5 heteroatoms. The molecule has 0 unspecified atom stereocenters. The fourth-order valence-electron chi connectivity index (χ4n) is 1.96. The van der Waals surface area contributed by atoms with E-state index in [0.29, 0.717) is 11.4 Å². The van der Waals surface area contributed by atoms with Crippen LogP contribution in [0.3, 0.4) is 0 Å². The summed E-state index contributed by atoms with van der Waals surface area (Å²) >= 11 is 0. The minimum absolute atomic E-state index is 0.0217. The number of phenols is 2. The van der Waals surface area contributed by atoms with Crippen molar-refractivity contribution < 1.29 is 14.7 Å². The quantitative estimate of drug-likeness (QED) is 0.698. The standard InChI is InChI=1S/C15H12N2O3/c1-9-4-2-3-5-11(9)14-16-15(20-17-14)12-8-10(18)6-7-13(12)19/h2-8,18-19H,1H3. The summed E-state index contributed by atoms with van der Waals surface area (Å²) in [7, 11) is 0. The Labute approximate surface area is 115 Å². The number of aromatic hydroxyl groups is 2. The second kappa shape index (κ2) is 4.70. The monoisotopic (exact) mass is 268 g/mol. The second-order valence-electron chi connectivity index (χ2n) is 4.44. The van der Waals surface area contributed by atoms with Crippen molar-refractivity contribution in [2.24, 2.45) is 0 Å². The van der Waals surface area contributed by atoms with Crippen LogP contribution in [0.25, 0.3) is 22.8 Å². The number of hydrogen-bond acceptors (Lipinski definition) is 5. The molecule has 2 aromatic carbocycles. The van der Waals surface area contributed by atoms with Crippen molar-refractivity contribution in [3.05, 3.63) is 48.0 Å². The van der Waals surface area contributed by atoms with Crippen molar-refractivity contribution in [2.45, 2.75) is 6.92 Å². The van der Waals surface area contributed by atoms with E-state index >= 15 is 0 Å². The summed E-state index contributed by atoms with van der Waals surface area (Å²) in [6.07, 6.45) is 0. The van der Waals surface area contributed by atoms with E-state index < -0.39 is 0 Å². The highest BCUT2D eigenvalue weighted by atomic mass is 16.5. The Morgan fingerprint density at radius 1 is 1.00 bits per heavy atom. The summed E-state index contributed by atoms with van der Waals surface area (Å²) in [5, 5.41) is 23.2. The van der Waals surface area contributed by atoms with Gasteiger partial charge >= 0.3 is 0 Å². The van der Waals surface area contributed by atoms with Gasteiger partial charge in [0.1, 0.15) is 11.5 Å². The van der Waals surface area contributed by atoms with Gasteiger partial charge < -0.3 is 14.7 Å². The number of aromatic nitrogens is 2. The molecule has 3 aromatic rings. The minimum Gasteiger partial charge on any atom is -0.508 e. The Morgan fingerprint density at radius 3 is 2.60 bits per heavy atom. The van der Waals surface area contributed by atoms with Gasteiger partial charge in [0.2, 0.25) is 5.82 Å². The third-order valence-corrected chi connectivity index (χ3v) is 3.02. The van der Waals surface area contributed by atoms with E-state index in [9.17, 15) is 10.2 Å². The molecular formula is C15H12N2O3. The van der Waals surface area contributed by atoms with Crippen molar-refractivity contribution in [1.29, 1.82) is 0 Å². The van der Waals surface area contributed by atoms with E-state index in [4.69, 9.17) is 4.52 Å². The molecule has 20 heavy (non-hydrogen) atoms. The van der Waals surface area contributed by atoms with Crippen LogP contribution in [0.4, 0.5) is 0 Å². The molecule has 0 saturated heterocycles. The summed E-state index contributed by atoms with van der Waals surface area (Å²) in [4.78, 5) is 4.26. The van der Waals surface area contributed by atoms with Crippen LogP contribution in [0, 0.1) is 6.92 Å². The Hall–Kier alpha value is -2.82. The molecule has 5 nitrogen and oxygen atoms in total. The summed E-state index contributed by atoms with van der Waals surface area (Å²) in [6, 6.07) is 11.8. The number of hydrogen-bond donors (Lipinski definition) is 2. The Balaban J connectivity index is 2.07. The maximum Gasteiger partial charge on any atom is 0.262 e. The molecule has 0 aliphatic heterocycles. The van der Waals surface area contributed by atoms with Crippen LogP contribution in [-0.4, -0.2) is 20.4 Å². The SMILES string of the molecule is Cc1ccccc1-c1noc(-c2cc(O)ccc2O)n1. The molecule has 0 aliphatic carbocycles. The molecule has 2 N–H and O–H groups in total. The highest BCUT2D eigenvalue weighted by molar-refractivity contribution is 5.67. The molecule has 0 fully saturated rings. The zero-order chi connectivity index (χ0) is 14.1. The van der Waals surface area contributed by atoms with Crippen molar-refractivity contribution in [3.8, 4) is 34.3 Å². The topological polar surface area (TPSA) is 79.4 Å². The van der Waals surface area contributed by atoms with Gasteiger partial charge in [-0.1, -0.05) is 29.4 Å². The summed E-state index contributed by atoms with van der Waals surface area (Å²) in [5.74, 6) is 0.605. The molecule has 0 spiro atoms. The van der Waals surface area contributed by atoms with Crippen LogP contribution >= 0.6 is 0 Å². The van der Waals surface area contributed by atoms with E-state index in [2.05, 4.69) is 10.1 Å². The number of aryl methyl sites for hydroxylation is 1. The zero-order valence-electron chi connectivity index (χ0n) is 10.7. The van der Waals surface area contributed by atoms with Crippen LogP contribution in [-0.2, 0) is 0 Å². The third-order valence-electron chi connectivity index (χ3n) is 3.02. The second-order valence-corrected chi connectivity index (χ2v) is 4.44. The van der Waals surface area contributed by atoms with Gasteiger partial charge in [0, 0.05) is 5.56 Å². The summed E-state index contributed by atoms with van der Waals surface area (Å²) in [6.45, 7) is 1.96. The molecule has 0 aliphatic rings. The fraction of sp³-hybridized carbons (Fsp3) is 0.0667. The maximum atomic E-state index is 9.78. The van der Waals surface area contributed by atoms with Gasteiger partial charge in [0.05, 0.1) is 5.56 Å². The van der Waals surface area contributed by atoms with Crippen molar-refractivity contribution in [2.75, 3.05) is 0 Å². The molecule has 1 heterocycles. The molecule has 0 atom stereocenters. The van der Waals surface area contributed by atoms with E-state index in [1.807, 2.05) is 31.2 Å². The molecule has 100 valence electrons. The van der Waals surface area contributed by atoms with Crippen LogP contribution in [0.1, 0.15) is 5.56 Å². The summed E-state index contributed by atoms with van der Waals surface area (Å²) in [5.41, 5.74) is 2.19. The number of benzene rings is 2. The molecular weight excluding hydrogens is 256 g/mol. The first kappa shape index (κ1) is 12.2. The normalized spacial score (nSPS) is 10.7. The molecule has 0 radical (unpaired) electrons. The highest BCUT2D eigenvalue weighted by Crippen LogP contribution is 2.32. The smallest absolute Gasteiger partial charge is 0.262 e. The lowest BCUT2D eigenvalue weighted by atomic mass is 10.1. The Kier molecular flexibility index (Phi) is 2.87. The lowest BCUT2D eigenvalue weighted by molar-refractivity contribution is 0.423. The van der Waals surface area contributed by atoms with Gasteiger partial charge in [-0.25, -0.2) is 0 Å². The highest BCUT2D eigenvalue weighted by Gasteiger charge is 2.15.